The van der Waals surface area contributed by atoms with Crippen LogP contribution >= 0.6 is 11.8 Å². The maximum absolute atomic E-state index is 6.81. The summed E-state index contributed by atoms with van der Waals surface area (Å²) in [6, 6.07) is 43.4. The van der Waals surface area contributed by atoms with Crippen LogP contribution in [0.25, 0.3) is 0 Å². The van der Waals surface area contributed by atoms with Gasteiger partial charge in [-0.25, -0.2) is 0 Å². The minimum absolute atomic E-state index is 0.453. The van der Waals surface area contributed by atoms with E-state index in [1.54, 1.807) is 0 Å². The highest BCUT2D eigenvalue weighted by Gasteiger charge is 2.50. The van der Waals surface area contributed by atoms with Gasteiger partial charge in [0, 0.05) is 21.2 Å². The average Bonchev–Trinajstić information content (AvgIpc) is 2.89. The van der Waals surface area contributed by atoms with Crippen molar-refractivity contribution in [3.05, 3.63) is 144 Å². The van der Waals surface area contributed by atoms with Crippen molar-refractivity contribution in [1.29, 1.82) is 0 Å². The molecule has 0 saturated heterocycles. The zero-order valence-corrected chi connectivity index (χ0v) is 19.3. The molecule has 0 N–H and O–H groups in total. The molecule has 0 unspecified atom stereocenters. The van der Waals surface area contributed by atoms with Crippen LogP contribution in [-0.2, 0) is 5.41 Å². The second-order valence-corrected chi connectivity index (χ2v) is 9.86. The van der Waals surface area contributed by atoms with Crippen molar-refractivity contribution in [1.82, 2.24) is 0 Å². The number of hydrogen-bond acceptors (Lipinski definition) is 2. The highest BCUT2D eigenvalue weighted by atomic mass is 32.2. The molecule has 2 aliphatic heterocycles. The first-order chi connectivity index (χ1) is 16.8. The Kier molecular flexibility index (Phi) is 4.31. The topological polar surface area (TPSA) is 3.24 Å². The second kappa shape index (κ2) is 7.41. The Balaban J connectivity index is 1.69. The fourth-order valence-electron chi connectivity index (χ4n) is 5.78. The van der Waals surface area contributed by atoms with Crippen LogP contribution in [0.3, 0.4) is 0 Å². The molecule has 0 aliphatic carbocycles. The number of para-hydroxylation sites is 3. The summed E-state index contributed by atoms with van der Waals surface area (Å²) in [5.74, 6) is 0. The fraction of sp³-hybridized carbons (Fsp3) is 0.0323. The Morgan fingerprint density at radius 2 is 1.09 bits per heavy atom. The summed E-state index contributed by atoms with van der Waals surface area (Å²) < 4.78 is 0. The summed E-state index contributed by atoms with van der Waals surface area (Å²) in [4.78, 5) is 4.91. The molecule has 7 rings (SSSR count). The molecule has 3 heteroatoms. The van der Waals surface area contributed by atoms with Crippen molar-refractivity contribution in [2.45, 2.75) is 15.2 Å². The van der Waals surface area contributed by atoms with E-state index >= 15 is 0 Å². The van der Waals surface area contributed by atoms with Crippen LogP contribution in [0.15, 0.2) is 131 Å². The van der Waals surface area contributed by atoms with E-state index in [0.29, 0.717) is 0 Å². The summed E-state index contributed by atoms with van der Waals surface area (Å²) in [5.41, 5.74) is 8.77. The first-order valence-electron chi connectivity index (χ1n) is 11.5. The molecule has 5 aromatic rings. The molecular weight excluding hydrogens is 429 g/mol. The number of hydrogen-bond donors (Lipinski definition) is 0. The molecule has 0 saturated carbocycles. The summed E-state index contributed by atoms with van der Waals surface area (Å²) in [6.45, 7) is 0. The van der Waals surface area contributed by atoms with E-state index in [2.05, 4.69) is 120 Å². The van der Waals surface area contributed by atoms with Gasteiger partial charge in [0.1, 0.15) is 7.85 Å². The van der Waals surface area contributed by atoms with Crippen LogP contribution in [0.4, 0.5) is 17.1 Å². The predicted octanol–water partition coefficient (Wildman–Crippen LogP) is 7.11. The zero-order chi connectivity index (χ0) is 22.7. The van der Waals surface area contributed by atoms with Crippen molar-refractivity contribution in [2.75, 3.05) is 4.90 Å². The SMILES string of the molecule is [B]c1cccc2c1N(c1ccccc1)c1ccccc1C21c2ccccc2Sc2ccccc21. The van der Waals surface area contributed by atoms with E-state index in [4.69, 9.17) is 7.85 Å². The molecule has 1 nitrogen and oxygen atoms in total. The fourth-order valence-corrected chi connectivity index (χ4v) is 6.98. The van der Waals surface area contributed by atoms with Crippen molar-refractivity contribution < 1.29 is 0 Å². The van der Waals surface area contributed by atoms with Gasteiger partial charge in [-0.1, -0.05) is 108 Å². The number of fused-ring (bicyclic) bond motifs is 8. The molecule has 2 heterocycles. The maximum atomic E-state index is 6.81. The Hall–Kier alpha value is -3.69. The minimum atomic E-state index is -0.453. The second-order valence-electron chi connectivity index (χ2n) is 8.78. The van der Waals surface area contributed by atoms with Crippen molar-refractivity contribution in [3.63, 3.8) is 0 Å². The minimum Gasteiger partial charge on any atom is -0.310 e. The Bertz CT molecular complexity index is 1510. The van der Waals surface area contributed by atoms with Gasteiger partial charge in [0.05, 0.1) is 11.1 Å². The lowest BCUT2D eigenvalue weighted by atomic mass is 9.61. The maximum Gasteiger partial charge on any atom is 0.116 e. The third-order valence-corrected chi connectivity index (χ3v) is 8.21. The van der Waals surface area contributed by atoms with Gasteiger partial charge in [0.2, 0.25) is 0 Å². The smallest absolute Gasteiger partial charge is 0.116 e. The quantitative estimate of drug-likeness (QED) is 0.246. The normalized spacial score (nSPS) is 14.6. The van der Waals surface area contributed by atoms with Gasteiger partial charge in [-0.15, -0.1) is 0 Å². The largest absolute Gasteiger partial charge is 0.310 e. The van der Waals surface area contributed by atoms with E-state index in [1.807, 2.05) is 17.8 Å². The number of nitrogens with zero attached hydrogens (tertiary/aromatic N) is 1. The van der Waals surface area contributed by atoms with E-state index in [9.17, 15) is 0 Å². The van der Waals surface area contributed by atoms with Gasteiger partial charge < -0.3 is 4.90 Å². The van der Waals surface area contributed by atoms with Crippen LogP contribution in [0, 0.1) is 0 Å². The molecule has 5 aromatic carbocycles. The van der Waals surface area contributed by atoms with Crippen LogP contribution in [0.5, 0.6) is 0 Å². The first kappa shape index (κ1) is 19.8. The third-order valence-electron chi connectivity index (χ3n) is 7.06. The van der Waals surface area contributed by atoms with Crippen LogP contribution in [0.1, 0.15) is 22.3 Å². The van der Waals surface area contributed by atoms with E-state index in [1.165, 1.54) is 32.0 Å². The van der Waals surface area contributed by atoms with Crippen molar-refractivity contribution in [3.8, 4) is 0 Å². The Morgan fingerprint density at radius 1 is 0.529 bits per heavy atom. The van der Waals surface area contributed by atoms with Crippen LogP contribution < -0.4 is 10.4 Å². The Morgan fingerprint density at radius 3 is 1.79 bits per heavy atom. The number of anilines is 3. The first-order valence-corrected chi connectivity index (χ1v) is 12.3. The lowest BCUT2D eigenvalue weighted by molar-refractivity contribution is 0.693. The van der Waals surface area contributed by atoms with Gasteiger partial charge in [-0.2, -0.15) is 0 Å². The third kappa shape index (κ3) is 2.53. The van der Waals surface area contributed by atoms with E-state index in [-0.39, 0.29) is 0 Å². The van der Waals surface area contributed by atoms with Crippen LogP contribution in [0.2, 0.25) is 0 Å². The molecule has 158 valence electrons. The molecular formula is C31H20BNS. The van der Waals surface area contributed by atoms with Crippen LogP contribution in [-0.4, -0.2) is 7.85 Å². The monoisotopic (exact) mass is 449 g/mol. The van der Waals surface area contributed by atoms with E-state index in [0.717, 1.165) is 22.5 Å². The van der Waals surface area contributed by atoms with Gasteiger partial charge in [0.15, 0.2) is 0 Å². The van der Waals surface area contributed by atoms with Crippen molar-refractivity contribution in [2.24, 2.45) is 0 Å². The molecule has 0 atom stereocenters. The highest BCUT2D eigenvalue weighted by Crippen LogP contribution is 2.62. The van der Waals surface area contributed by atoms with Gasteiger partial charge >= 0.3 is 0 Å². The standard InChI is InChI=1S/C31H20BNS/c32-26-17-10-16-25-30(26)33(21-11-2-1-3-12-21)27-18-7-4-13-22(27)31(25)23-14-5-8-19-28(23)34-29-20-9-6-15-24(29)31/h1-20H. The lowest BCUT2D eigenvalue weighted by Crippen LogP contribution is -2.41. The molecule has 34 heavy (non-hydrogen) atoms. The van der Waals surface area contributed by atoms with Gasteiger partial charge in [0.25, 0.3) is 0 Å². The zero-order valence-electron chi connectivity index (χ0n) is 18.5. The molecule has 0 bridgehead atoms. The number of benzene rings is 5. The van der Waals surface area contributed by atoms with Gasteiger partial charge in [-0.05, 0) is 52.6 Å². The molecule has 2 radical (unpaired) electrons. The number of rotatable bonds is 1. The highest BCUT2D eigenvalue weighted by molar-refractivity contribution is 7.99. The summed E-state index contributed by atoms with van der Waals surface area (Å²) in [5, 5.41) is 0. The van der Waals surface area contributed by atoms with E-state index < -0.39 is 5.41 Å². The molecule has 0 aromatic heterocycles. The summed E-state index contributed by atoms with van der Waals surface area (Å²) in [7, 11) is 6.81. The summed E-state index contributed by atoms with van der Waals surface area (Å²) >= 11 is 1.86. The van der Waals surface area contributed by atoms with Gasteiger partial charge in [-0.3, -0.25) is 0 Å². The van der Waals surface area contributed by atoms with Crippen molar-refractivity contribution >= 4 is 42.1 Å². The molecule has 0 amide bonds. The predicted molar refractivity (Wildman–Crippen MR) is 143 cm³/mol. The molecule has 0 fully saturated rings. The Labute approximate surface area is 205 Å². The molecule has 1 spiro atoms. The summed E-state index contributed by atoms with van der Waals surface area (Å²) in [6.07, 6.45) is 0. The average molecular weight is 449 g/mol. The lowest BCUT2D eigenvalue weighted by Gasteiger charge is -2.49. The molecule has 2 aliphatic rings.